The third-order valence-corrected chi connectivity index (χ3v) is 6.35. The molecule has 0 atom stereocenters. The monoisotopic (exact) mass is 441 g/mol. The smallest absolute Gasteiger partial charge is 0.0495 e. The van der Waals surface area contributed by atoms with Crippen molar-refractivity contribution in [1.82, 2.24) is 4.57 Å². The van der Waals surface area contributed by atoms with E-state index in [1.165, 1.54) is 26.9 Å². The molecule has 130 valence electrons. The van der Waals surface area contributed by atoms with E-state index in [0.29, 0.717) is 0 Å². The lowest BCUT2D eigenvalue weighted by molar-refractivity contribution is 0.830. The number of benzene rings is 3. The minimum atomic E-state index is 0.832. The molecule has 0 aliphatic heterocycles. The Kier molecular flexibility index (Phi) is 5.39. The van der Waals surface area contributed by atoms with Gasteiger partial charge >= 0.3 is 0 Å². The third-order valence-electron chi connectivity index (χ3n) is 4.36. The highest BCUT2D eigenvalue weighted by atomic mass is 79.9. The minimum absolute atomic E-state index is 0.832. The molecule has 26 heavy (non-hydrogen) atoms. The minimum Gasteiger partial charge on any atom is -0.342 e. The standard InChI is InChI=1S/C22H17BrClNS/c23-18-11-9-16(10-12-18)13-25-14-22(19-6-2-4-8-21(19)25)26-15-17-5-1-3-7-20(17)24/h1-12,14H,13,15H2. The van der Waals surface area contributed by atoms with Crippen LogP contribution in [0, 0.1) is 0 Å². The number of para-hydroxylation sites is 1. The Morgan fingerprint density at radius 1 is 0.885 bits per heavy atom. The highest BCUT2D eigenvalue weighted by Gasteiger charge is 2.10. The van der Waals surface area contributed by atoms with Crippen molar-refractivity contribution in [3.63, 3.8) is 0 Å². The van der Waals surface area contributed by atoms with Gasteiger partial charge < -0.3 is 4.57 Å². The first kappa shape index (κ1) is 17.7. The van der Waals surface area contributed by atoms with Crippen LogP contribution in [0.5, 0.6) is 0 Å². The fourth-order valence-electron chi connectivity index (χ4n) is 3.02. The molecule has 0 spiro atoms. The first-order valence-electron chi connectivity index (χ1n) is 8.39. The second-order valence-electron chi connectivity index (χ2n) is 6.14. The zero-order chi connectivity index (χ0) is 17.9. The van der Waals surface area contributed by atoms with Gasteiger partial charge in [0, 0.05) is 43.8 Å². The van der Waals surface area contributed by atoms with Crippen molar-refractivity contribution < 1.29 is 0 Å². The molecule has 0 radical (unpaired) electrons. The summed E-state index contributed by atoms with van der Waals surface area (Å²) < 4.78 is 3.43. The molecule has 0 N–H and O–H groups in total. The summed E-state index contributed by atoms with van der Waals surface area (Å²) in [7, 11) is 0. The largest absolute Gasteiger partial charge is 0.342 e. The Morgan fingerprint density at radius 2 is 1.62 bits per heavy atom. The van der Waals surface area contributed by atoms with Crippen molar-refractivity contribution in [3.05, 3.63) is 99.6 Å². The highest BCUT2D eigenvalue weighted by molar-refractivity contribution is 9.10. The van der Waals surface area contributed by atoms with E-state index >= 15 is 0 Å². The van der Waals surface area contributed by atoms with Gasteiger partial charge in [-0.05, 0) is 35.4 Å². The maximum atomic E-state index is 6.31. The van der Waals surface area contributed by atoms with E-state index in [1.807, 2.05) is 30.0 Å². The van der Waals surface area contributed by atoms with Crippen LogP contribution in [0.2, 0.25) is 5.02 Å². The van der Waals surface area contributed by atoms with Gasteiger partial charge in [-0.3, -0.25) is 0 Å². The van der Waals surface area contributed by atoms with Gasteiger partial charge in [0.25, 0.3) is 0 Å². The Labute approximate surface area is 171 Å². The number of hydrogen-bond donors (Lipinski definition) is 0. The predicted molar refractivity (Wildman–Crippen MR) is 116 cm³/mol. The Hall–Kier alpha value is -1.68. The van der Waals surface area contributed by atoms with Crippen LogP contribution in [0.1, 0.15) is 11.1 Å². The lowest BCUT2D eigenvalue weighted by Gasteiger charge is -2.05. The fraction of sp³-hybridized carbons (Fsp3) is 0.0909. The molecule has 1 aromatic heterocycles. The van der Waals surface area contributed by atoms with Crippen molar-refractivity contribution in [2.24, 2.45) is 0 Å². The first-order chi connectivity index (χ1) is 12.7. The normalized spacial score (nSPS) is 11.2. The summed E-state index contributed by atoms with van der Waals surface area (Å²) in [6, 6.07) is 25.2. The summed E-state index contributed by atoms with van der Waals surface area (Å²) in [5.41, 5.74) is 3.72. The zero-order valence-electron chi connectivity index (χ0n) is 14.0. The average molecular weight is 443 g/mol. The predicted octanol–water partition coefficient (Wildman–Crippen LogP) is 7.40. The van der Waals surface area contributed by atoms with E-state index in [-0.39, 0.29) is 0 Å². The van der Waals surface area contributed by atoms with Crippen LogP contribution in [0.3, 0.4) is 0 Å². The molecule has 1 heterocycles. The Balaban J connectivity index is 1.63. The van der Waals surface area contributed by atoms with E-state index in [2.05, 4.69) is 81.3 Å². The van der Waals surface area contributed by atoms with Crippen LogP contribution >= 0.6 is 39.3 Å². The van der Waals surface area contributed by atoms with Gasteiger partial charge in [0.1, 0.15) is 0 Å². The van der Waals surface area contributed by atoms with E-state index < -0.39 is 0 Å². The Bertz CT molecular complexity index is 1040. The molecular weight excluding hydrogens is 426 g/mol. The summed E-state index contributed by atoms with van der Waals surface area (Å²) in [6.07, 6.45) is 2.26. The summed E-state index contributed by atoms with van der Waals surface area (Å²) in [5, 5.41) is 2.13. The molecule has 0 aliphatic rings. The number of aromatic nitrogens is 1. The number of halogens is 2. The lowest BCUT2D eigenvalue weighted by Crippen LogP contribution is -1.97. The van der Waals surface area contributed by atoms with Gasteiger partial charge in [-0.2, -0.15) is 0 Å². The van der Waals surface area contributed by atoms with Crippen LogP contribution in [-0.4, -0.2) is 4.57 Å². The molecular formula is C22H17BrClNS. The summed E-state index contributed by atoms with van der Waals surface area (Å²) in [5.74, 6) is 0.867. The second-order valence-corrected chi connectivity index (χ2v) is 8.49. The lowest BCUT2D eigenvalue weighted by atomic mass is 10.2. The van der Waals surface area contributed by atoms with Gasteiger partial charge in [0.2, 0.25) is 0 Å². The highest BCUT2D eigenvalue weighted by Crippen LogP contribution is 2.34. The third kappa shape index (κ3) is 3.85. The van der Waals surface area contributed by atoms with Crippen LogP contribution < -0.4 is 0 Å². The van der Waals surface area contributed by atoms with Crippen molar-refractivity contribution in [3.8, 4) is 0 Å². The number of hydrogen-bond acceptors (Lipinski definition) is 1. The molecule has 0 fully saturated rings. The summed E-state index contributed by atoms with van der Waals surface area (Å²) >= 11 is 11.7. The van der Waals surface area contributed by atoms with Gasteiger partial charge in [0.05, 0.1) is 0 Å². The maximum absolute atomic E-state index is 6.31. The Morgan fingerprint density at radius 3 is 2.42 bits per heavy atom. The van der Waals surface area contributed by atoms with Crippen LogP contribution in [-0.2, 0) is 12.3 Å². The number of fused-ring (bicyclic) bond motifs is 1. The molecule has 1 nitrogen and oxygen atoms in total. The fourth-order valence-corrected chi connectivity index (χ4v) is 4.66. The quantitative estimate of drug-likeness (QED) is 0.291. The average Bonchev–Trinajstić information content (AvgIpc) is 3.01. The molecule has 0 unspecified atom stereocenters. The molecule has 0 bridgehead atoms. The van der Waals surface area contributed by atoms with Crippen molar-refractivity contribution >= 4 is 50.2 Å². The number of thioether (sulfide) groups is 1. The summed E-state index contributed by atoms with van der Waals surface area (Å²) in [6.45, 7) is 0.862. The maximum Gasteiger partial charge on any atom is 0.0495 e. The molecule has 4 aromatic rings. The number of nitrogens with zero attached hydrogens (tertiary/aromatic N) is 1. The van der Waals surface area contributed by atoms with E-state index in [9.17, 15) is 0 Å². The van der Waals surface area contributed by atoms with Crippen molar-refractivity contribution in [2.45, 2.75) is 17.2 Å². The van der Waals surface area contributed by atoms with Crippen LogP contribution in [0.4, 0.5) is 0 Å². The SMILES string of the molecule is Clc1ccccc1CSc1cn(Cc2ccc(Br)cc2)c2ccccc12. The number of rotatable bonds is 5. The molecule has 3 aromatic carbocycles. The first-order valence-corrected chi connectivity index (χ1v) is 10.5. The topological polar surface area (TPSA) is 4.93 Å². The molecule has 0 aliphatic carbocycles. The molecule has 4 heteroatoms. The van der Waals surface area contributed by atoms with Crippen molar-refractivity contribution in [1.29, 1.82) is 0 Å². The van der Waals surface area contributed by atoms with Gasteiger partial charge in [-0.1, -0.05) is 76.1 Å². The van der Waals surface area contributed by atoms with Gasteiger partial charge in [-0.25, -0.2) is 0 Å². The van der Waals surface area contributed by atoms with Crippen LogP contribution in [0.15, 0.2) is 88.4 Å². The molecule has 0 amide bonds. The van der Waals surface area contributed by atoms with E-state index in [1.54, 1.807) is 0 Å². The van der Waals surface area contributed by atoms with E-state index in [0.717, 1.165) is 21.8 Å². The van der Waals surface area contributed by atoms with E-state index in [4.69, 9.17) is 11.6 Å². The molecule has 4 rings (SSSR count). The summed E-state index contributed by atoms with van der Waals surface area (Å²) in [4.78, 5) is 1.29. The van der Waals surface area contributed by atoms with Gasteiger partial charge in [-0.15, -0.1) is 11.8 Å². The molecule has 0 saturated heterocycles. The second kappa shape index (κ2) is 7.91. The zero-order valence-corrected chi connectivity index (χ0v) is 17.2. The van der Waals surface area contributed by atoms with Crippen molar-refractivity contribution in [2.75, 3.05) is 0 Å². The van der Waals surface area contributed by atoms with Gasteiger partial charge in [0.15, 0.2) is 0 Å². The van der Waals surface area contributed by atoms with Crippen LogP contribution in [0.25, 0.3) is 10.9 Å². The molecule has 0 saturated carbocycles.